The van der Waals surface area contributed by atoms with Crippen molar-refractivity contribution in [2.75, 3.05) is 0 Å². The van der Waals surface area contributed by atoms with E-state index in [1.165, 1.54) is 18.9 Å². The molecule has 0 aliphatic heterocycles. The highest BCUT2D eigenvalue weighted by Crippen LogP contribution is 2.28. The molecule has 1 aromatic rings. The predicted molar refractivity (Wildman–Crippen MR) is 83.1 cm³/mol. The molecule has 1 atom stereocenters. The number of amides is 1. The molecule has 6 heteroatoms. The summed E-state index contributed by atoms with van der Waals surface area (Å²) in [5.41, 5.74) is 0.857. The smallest absolute Gasteiger partial charge is 0.261 e. The standard InChI is InChI=1S/C15H20ClNO3S/c1-10-7-8-13(9-14(10)21(16,19)20)15(18)17-11(2)12-5-3-4-6-12/h7-9,11-12H,3-6H2,1-2H3,(H,17,18). The highest BCUT2D eigenvalue weighted by molar-refractivity contribution is 8.13. The molecule has 1 fully saturated rings. The van der Waals surface area contributed by atoms with Crippen LogP contribution in [0.25, 0.3) is 0 Å². The molecule has 1 unspecified atom stereocenters. The lowest BCUT2D eigenvalue weighted by atomic mass is 9.99. The lowest BCUT2D eigenvalue weighted by Gasteiger charge is -2.20. The molecule has 4 nitrogen and oxygen atoms in total. The topological polar surface area (TPSA) is 63.2 Å². The fraction of sp³-hybridized carbons (Fsp3) is 0.533. The number of aryl methyl sites for hydroxylation is 1. The first kappa shape index (κ1) is 16.3. The van der Waals surface area contributed by atoms with Crippen LogP contribution >= 0.6 is 10.7 Å². The van der Waals surface area contributed by atoms with Gasteiger partial charge in [0.05, 0.1) is 4.90 Å². The van der Waals surface area contributed by atoms with Crippen LogP contribution in [0, 0.1) is 12.8 Å². The highest BCUT2D eigenvalue weighted by atomic mass is 35.7. The summed E-state index contributed by atoms with van der Waals surface area (Å²) >= 11 is 0. The minimum Gasteiger partial charge on any atom is -0.349 e. The van der Waals surface area contributed by atoms with E-state index in [0.717, 1.165) is 12.8 Å². The van der Waals surface area contributed by atoms with Gasteiger partial charge >= 0.3 is 0 Å². The van der Waals surface area contributed by atoms with Crippen molar-refractivity contribution in [1.82, 2.24) is 5.32 Å². The van der Waals surface area contributed by atoms with E-state index in [1.54, 1.807) is 19.1 Å². The van der Waals surface area contributed by atoms with Gasteiger partial charge < -0.3 is 5.32 Å². The van der Waals surface area contributed by atoms with Crippen molar-refractivity contribution >= 4 is 25.6 Å². The maximum absolute atomic E-state index is 12.3. The number of halogens is 1. The molecule has 1 N–H and O–H groups in total. The number of hydrogen-bond acceptors (Lipinski definition) is 3. The Hall–Kier alpha value is -1.07. The van der Waals surface area contributed by atoms with E-state index in [1.807, 2.05) is 6.92 Å². The zero-order chi connectivity index (χ0) is 15.6. The molecule has 2 rings (SSSR count). The van der Waals surface area contributed by atoms with Gasteiger partial charge in [-0.2, -0.15) is 0 Å². The Morgan fingerprint density at radius 3 is 2.52 bits per heavy atom. The monoisotopic (exact) mass is 329 g/mol. The third kappa shape index (κ3) is 3.98. The Bertz CT molecular complexity index is 636. The average Bonchev–Trinajstić information content (AvgIpc) is 2.91. The molecular weight excluding hydrogens is 310 g/mol. The van der Waals surface area contributed by atoms with Gasteiger partial charge in [0, 0.05) is 22.3 Å². The normalized spacial score (nSPS) is 17.7. The van der Waals surface area contributed by atoms with E-state index in [2.05, 4.69) is 5.32 Å². The first-order chi connectivity index (χ1) is 9.79. The largest absolute Gasteiger partial charge is 0.349 e. The average molecular weight is 330 g/mol. The maximum atomic E-state index is 12.3. The van der Waals surface area contributed by atoms with Crippen LogP contribution < -0.4 is 5.32 Å². The Morgan fingerprint density at radius 1 is 1.33 bits per heavy atom. The second-order valence-electron chi connectivity index (χ2n) is 5.72. The molecule has 1 aliphatic rings. The SMILES string of the molecule is Cc1ccc(C(=O)NC(C)C2CCCC2)cc1S(=O)(=O)Cl. The number of rotatable bonds is 4. The summed E-state index contributed by atoms with van der Waals surface area (Å²) in [6, 6.07) is 4.66. The Balaban J connectivity index is 2.16. The van der Waals surface area contributed by atoms with Crippen LogP contribution in [0.4, 0.5) is 0 Å². The quantitative estimate of drug-likeness (QED) is 0.862. The number of carbonyl (C=O) groups excluding carboxylic acids is 1. The van der Waals surface area contributed by atoms with Crippen molar-refractivity contribution in [2.24, 2.45) is 5.92 Å². The van der Waals surface area contributed by atoms with Gasteiger partial charge in [-0.25, -0.2) is 8.42 Å². The van der Waals surface area contributed by atoms with Gasteiger partial charge in [0.25, 0.3) is 15.0 Å². The Morgan fingerprint density at radius 2 is 1.95 bits per heavy atom. The van der Waals surface area contributed by atoms with Crippen molar-refractivity contribution in [1.29, 1.82) is 0 Å². The Kier molecular flexibility index (Phi) is 4.94. The zero-order valence-electron chi connectivity index (χ0n) is 12.2. The van der Waals surface area contributed by atoms with Gasteiger partial charge in [-0.15, -0.1) is 0 Å². The number of hydrogen-bond donors (Lipinski definition) is 1. The fourth-order valence-corrected chi connectivity index (χ4v) is 4.09. The van der Waals surface area contributed by atoms with Gasteiger partial charge in [-0.1, -0.05) is 18.9 Å². The third-order valence-corrected chi connectivity index (χ3v) is 5.64. The first-order valence-corrected chi connectivity index (χ1v) is 9.46. The van der Waals surface area contributed by atoms with E-state index in [0.29, 0.717) is 17.0 Å². The van der Waals surface area contributed by atoms with Crippen molar-refractivity contribution < 1.29 is 13.2 Å². The molecule has 1 saturated carbocycles. The molecule has 0 heterocycles. The second kappa shape index (κ2) is 6.36. The summed E-state index contributed by atoms with van der Waals surface area (Å²) in [5.74, 6) is 0.256. The molecule has 0 bridgehead atoms. The number of nitrogens with one attached hydrogen (secondary N) is 1. The first-order valence-electron chi connectivity index (χ1n) is 7.15. The van der Waals surface area contributed by atoms with Crippen LogP contribution in [-0.4, -0.2) is 20.4 Å². The van der Waals surface area contributed by atoms with Crippen LogP contribution in [0.2, 0.25) is 0 Å². The molecule has 0 aromatic heterocycles. The van der Waals surface area contributed by atoms with Crippen molar-refractivity contribution in [2.45, 2.75) is 50.5 Å². The number of carbonyl (C=O) groups is 1. The van der Waals surface area contributed by atoms with Gasteiger partial charge in [-0.05, 0) is 50.3 Å². The lowest BCUT2D eigenvalue weighted by Crippen LogP contribution is -2.37. The number of benzene rings is 1. The molecule has 21 heavy (non-hydrogen) atoms. The van der Waals surface area contributed by atoms with E-state index >= 15 is 0 Å². The van der Waals surface area contributed by atoms with Crippen LogP contribution in [0.5, 0.6) is 0 Å². The molecule has 0 radical (unpaired) electrons. The summed E-state index contributed by atoms with van der Waals surface area (Å²) in [5, 5.41) is 2.96. The molecule has 116 valence electrons. The van der Waals surface area contributed by atoms with Crippen LogP contribution in [-0.2, 0) is 9.05 Å². The van der Waals surface area contributed by atoms with E-state index in [4.69, 9.17) is 10.7 Å². The lowest BCUT2D eigenvalue weighted by molar-refractivity contribution is 0.0927. The molecule has 1 aliphatic carbocycles. The molecule has 0 saturated heterocycles. The zero-order valence-corrected chi connectivity index (χ0v) is 13.8. The third-order valence-electron chi connectivity index (χ3n) is 4.18. The summed E-state index contributed by atoms with van der Waals surface area (Å²) in [6.45, 7) is 3.65. The van der Waals surface area contributed by atoms with Gasteiger partial charge in [0.2, 0.25) is 0 Å². The van der Waals surface area contributed by atoms with E-state index < -0.39 is 9.05 Å². The predicted octanol–water partition coefficient (Wildman–Crippen LogP) is 3.23. The Labute approximate surface area is 130 Å². The van der Waals surface area contributed by atoms with Crippen LogP contribution in [0.15, 0.2) is 23.1 Å². The summed E-state index contributed by atoms with van der Waals surface area (Å²) < 4.78 is 23.0. The highest BCUT2D eigenvalue weighted by Gasteiger charge is 2.24. The van der Waals surface area contributed by atoms with Gasteiger partial charge in [-0.3, -0.25) is 4.79 Å². The van der Waals surface area contributed by atoms with Crippen molar-refractivity contribution in [3.63, 3.8) is 0 Å². The van der Waals surface area contributed by atoms with Crippen LogP contribution in [0.3, 0.4) is 0 Å². The minimum absolute atomic E-state index is 0.00895. The fourth-order valence-electron chi connectivity index (χ4n) is 2.87. The van der Waals surface area contributed by atoms with Gasteiger partial charge in [0.15, 0.2) is 0 Å². The second-order valence-corrected chi connectivity index (χ2v) is 8.26. The van der Waals surface area contributed by atoms with E-state index in [-0.39, 0.29) is 16.8 Å². The molecule has 1 amide bonds. The summed E-state index contributed by atoms with van der Waals surface area (Å²) in [4.78, 5) is 12.2. The van der Waals surface area contributed by atoms with E-state index in [9.17, 15) is 13.2 Å². The van der Waals surface area contributed by atoms with Gasteiger partial charge in [0.1, 0.15) is 0 Å². The minimum atomic E-state index is -3.84. The maximum Gasteiger partial charge on any atom is 0.261 e. The molecular formula is C15H20ClNO3S. The molecule has 0 spiro atoms. The molecule has 1 aromatic carbocycles. The van der Waals surface area contributed by atoms with Crippen LogP contribution in [0.1, 0.15) is 48.5 Å². The van der Waals surface area contributed by atoms with Crippen molar-refractivity contribution in [3.05, 3.63) is 29.3 Å². The summed E-state index contributed by atoms with van der Waals surface area (Å²) in [6.07, 6.45) is 4.70. The van der Waals surface area contributed by atoms with Crippen molar-refractivity contribution in [3.8, 4) is 0 Å². The summed E-state index contributed by atoms with van der Waals surface area (Å²) in [7, 11) is 1.55.